The van der Waals surface area contributed by atoms with Crippen molar-refractivity contribution < 1.29 is 13.2 Å². The van der Waals surface area contributed by atoms with Gasteiger partial charge in [0.1, 0.15) is 0 Å². The molecular formula is C16H24BrNO3S. The van der Waals surface area contributed by atoms with Gasteiger partial charge >= 0.3 is 0 Å². The van der Waals surface area contributed by atoms with Crippen LogP contribution in [0.5, 0.6) is 0 Å². The van der Waals surface area contributed by atoms with Crippen LogP contribution in [0, 0.1) is 11.8 Å². The lowest BCUT2D eigenvalue weighted by molar-refractivity contribution is -0.134. The molecule has 0 aromatic heterocycles. The van der Waals surface area contributed by atoms with Gasteiger partial charge in [0.05, 0.1) is 10.6 Å². The van der Waals surface area contributed by atoms with Gasteiger partial charge in [0.25, 0.3) is 0 Å². The van der Waals surface area contributed by atoms with E-state index >= 15 is 0 Å². The Hall–Kier alpha value is -0.880. The van der Waals surface area contributed by atoms with E-state index in [1.54, 1.807) is 29.2 Å². The SMILES string of the molecule is CCN(CC(C)CS(=O)(=O)c1ccc(Br)cc1)C(=O)C(C)C. The quantitative estimate of drug-likeness (QED) is 0.718. The minimum Gasteiger partial charge on any atom is -0.342 e. The maximum absolute atomic E-state index is 12.4. The van der Waals surface area contributed by atoms with Crippen LogP contribution >= 0.6 is 15.9 Å². The van der Waals surface area contributed by atoms with Gasteiger partial charge in [-0.25, -0.2) is 8.42 Å². The first kappa shape index (κ1) is 19.2. The fraction of sp³-hybridized carbons (Fsp3) is 0.562. The van der Waals surface area contributed by atoms with Gasteiger partial charge in [0.2, 0.25) is 5.91 Å². The van der Waals surface area contributed by atoms with Crippen LogP contribution in [0.15, 0.2) is 33.6 Å². The lowest BCUT2D eigenvalue weighted by Gasteiger charge is -2.26. The topological polar surface area (TPSA) is 54.5 Å². The van der Waals surface area contributed by atoms with E-state index < -0.39 is 9.84 Å². The lowest BCUT2D eigenvalue weighted by Crippen LogP contribution is -2.38. The molecule has 0 N–H and O–H groups in total. The first-order valence-corrected chi connectivity index (χ1v) is 9.89. The molecule has 0 aliphatic heterocycles. The van der Waals surface area contributed by atoms with Crippen LogP contribution in [0.25, 0.3) is 0 Å². The van der Waals surface area contributed by atoms with E-state index in [0.717, 1.165) is 4.47 Å². The van der Waals surface area contributed by atoms with E-state index in [-0.39, 0.29) is 23.5 Å². The van der Waals surface area contributed by atoms with E-state index in [2.05, 4.69) is 15.9 Å². The fourth-order valence-corrected chi connectivity index (χ4v) is 4.14. The van der Waals surface area contributed by atoms with Crippen molar-refractivity contribution in [2.45, 2.75) is 32.6 Å². The Balaban J connectivity index is 2.76. The molecule has 0 spiro atoms. The average molecular weight is 390 g/mol. The number of carbonyl (C=O) groups is 1. The smallest absolute Gasteiger partial charge is 0.225 e. The number of hydrogen-bond donors (Lipinski definition) is 0. The van der Waals surface area contributed by atoms with Crippen LogP contribution in [0.4, 0.5) is 0 Å². The normalized spacial score (nSPS) is 13.2. The van der Waals surface area contributed by atoms with Crippen LogP contribution in [-0.4, -0.2) is 38.1 Å². The molecule has 4 nitrogen and oxygen atoms in total. The molecule has 0 fully saturated rings. The van der Waals surface area contributed by atoms with Crippen molar-refractivity contribution in [3.05, 3.63) is 28.7 Å². The molecule has 0 aliphatic carbocycles. The average Bonchev–Trinajstić information content (AvgIpc) is 2.43. The third-order valence-electron chi connectivity index (χ3n) is 3.40. The molecule has 6 heteroatoms. The molecule has 124 valence electrons. The molecule has 1 atom stereocenters. The lowest BCUT2D eigenvalue weighted by atomic mass is 10.1. The summed E-state index contributed by atoms with van der Waals surface area (Å²) >= 11 is 3.30. The second kappa shape index (κ2) is 8.11. The van der Waals surface area contributed by atoms with Crippen molar-refractivity contribution in [3.63, 3.8) is 0 Å². The monoisotopic (exact) mass is 389 g/mol. The molecule has 1 unspecified atom stereocenters. The van der Waals surface area contributed by atoms with Crippen LogP contribution in [0.3, 0.4) is 0 Å². The number of sulfone groups is 1. The minimum atomic E-state index is -3.33. The zero-order chi connectivity index (χ0) is 16.9. The Labute approximate surface area is 141 Å². The summed E-state index contributed by atoms with van der Waals surface area (Å²) in [6, 6.07) is 6.64. The molecule has 1 aromatic rings. The molecule has 0 saturated heterocycles. The van der Waals surface area contributed by atoms with Gasteiger partial charge in [-0.15, -0.1) is 0 Å². The number of amides is 1. The predicted octanol–water partition coefficient (Wildman–Crippen LogP) is 3.36. The highest BCUT2D eigenvalue weighted by molar-refractivity contribution is 9.10. The Kier molecular flexibility index (Phi) is 7.06. The summed E-state index contributed by atoms with van der Waals surface area (Å²) in [4.78, 5) is 14.1. The van der Waals surface area contributed by atoms with Crippen molar-refractivity contribution in [2.75, 3.05) is 18.8 Å². The molecule has 0 bridgehead atoms. The highest BCUT2D eigenvalue weighted by Crippen LogP contribution is 2.18. The molecule has 0 radical (unpaired) electrons. The van der Waals surface area contributed by atoms with Gasteiger partial charge in [-0.2, -0.15) is 0 Å². The van der Waals surface area contributed by atoms with Gasteiger partial charge in [-0.1, -0.05) is 36.7 Å². The van der Waals surface area contributed by atoms with Crippen molar-refractivity contribution in [3.8, 4) is 0 Å². The first-order valence-electron chi connectivity index (χ1n) is 7.44. The number of hydrogen-bond acceptors (Lipinski definition) is 3. The molecule has 1 rings (SSSR count). The Morgan fingerprint density at radius 1 is 1.18 bits per heavy atom. The number of halogens is 1. The summed E-state index contributed by atoms with van der Waals surface area (Å²) in [5, 5.41) is 0. The number of carbonyl (C=O) groups excluding carboxylic acids is 1. The second-order valence-electron chi connectivity index (χ2n) is 5.87. The minimum absolute atomic E-state index is 0.0382. The maximum Gasteiger partial charge on any atom is 0.225 e. The van der Waals surface area contributed by atoms with E-state index in [1.807, 2.05) is 27.7 Å². The van der Waals surface area contributed by atoms with Crippen molar-refractivity contribution in [1.29, 1.82) is 0 Å². The third kappa shape index (κ3) is 5.39. The zero-order valence-corrected chi connectivity index (χ0v) is 15.9. The summed E-state index contributed by atoms with van der Waals surface area (Å²) in [5.41, 5.74) is 0. The summed E-state index contributed by atoms with van der Waals surface area (Å²) in [6.07, 6.45) is 0. The molecule has 0 heterocycles. The highest BCUT2D eigenvalue weighted by atomic mass is 79.9. The molecule has 1 amide bonds. The van der Waals surface area contributed by atoms with Gasteiger partial charge in [0, 0.05) is 23.5 Å². The van der Waals surface area contributed by atoms with Gasteiger partial charge < -0.3 is 4.90 Å². The Bertz CT molecular complexity index is 596. The van der Waals surface area contributed by atoms with Gasteiger partial charge in [-0.3, -0.25) is 4.79 Å². The molecule has 1 aromatic carbocycles. The Morgan fingerprint density at radius 3 is 2.18 bits per heavy atom. The van der Waals surface area contributed by atoms with E-state index in [9.17, 15) is 13.2 Å². The summed E-state index contributed by atoms with van der Waals surface area (Å²) in [5.74, 6) is -0.0850. The van der Waals surface area contributed by atoms with Gasteiger partial charge in [-0.05, 0) is 37.1 Å². The maximum atomic E-state index is 12.4. The summed E-state index contributed by atoms with van der Waals surface area (Å²) < 4.78 is 25.7. The first-order chi connectivity index (χ1) is 10.2. The van der Waals surface area contributed by atoms with Crippen LogP contribution in [0.2, 0.25) is 0 Å². The number of nitrogens with zero attached hydrogens (tertiary/aromatic N) is 1. The van der Waals surface area contributed by atoms with Crippen molar-refractivity contribution in [2.24, 2.45) is 11.8 Å². The molecular weight excluding hydrogens is 366 g/mol. The predicted molar refractivity (Wildman–Crippen MR) is 92.5 cm³/mol. The largest absolute Gasteiger partial charge is 0.342 e. The van der Waals surface area contributed by atoms with Gasteiger partial charge in [0.15, 0.2) is 9.84 Å². The second-order valence-corrected chi connectivity index (χ2v) is 8.82. The fourth-order valence-electron chi connectivity index (χ4n) is 2.28. The number of benzene rings is 1. The number of rotatable bonds is 7. The van der Waals surface area contributed by atoms with Crippen molar-refractivity contribution >= 4 is 31.7 Å². The van der Waals surface area contributed by atoms with E-state index in [0.29, 0.717) is 18.0 Å². The molecule has 22 heavy (non-hydrogen) atoms. The Morgan fingerprint density at radius 2 is 1.73 bits per heavy atom. The summed E-state index contributed by atoms with van der Waals surface area (Å²) in [6.45, 7) is 8.55. The van der Waals surface area contributed by atoms with Crippen LogP contribution < -0.4 is 0 Å². The standard InChI is InChI=1S/C16H24BrNO3S/c1-5-18(16(19)12(2)3)10-13(4)11-22(20,21)15-8-6-14(17)7-9-15/h6-9,12-13H,5,10-11H2,1-4H3. The van der Waals surface area contributed by atoms with Crippen molar-refractivity contribution in [1.82, 2.24) is 4.90 Å². The third-order valence-corrected chi connectivity index (χ3v) is 5.92. The zero-order valence-electron chi connectivity index (χ0n) is 13.5. The molecule has 0 saturated carbocycles. The highest BCUT2D eigenvalue weighted by Gasteiger charge is 2.23. The van der Waals surface area contributed by atoms with E-state index in [4.69, 9.17) is 0 Å². The summed E-state index contributed by atoms with van der Waals surface area (Å²) in [7, 11) is -3.33. The molecule has 0 aliphatic rings. The van der Waals surface area contributed by atoms with Crippen LogP contribution in [-0.2, 0) is 14.6 Å². The van der Waals surface area contributed by atoms with Crippen LogP contribution in [0.1, 0.15) is 27.7 Å². The van der Waals surface area contributed by atoms with E-state index in [1.165, 1.54) is 0 Å².